The average molecular weight is 253 g/mol. The van der Waals surface area contributed by atoms with Crippen molar-refractivity contribution < 1.29 is 0 Å². The summed E-state index contributed by atoms with van der Waals surface area (Å²) in [7, 11) is 0. The smallest absolute Gasteiger partial charge is 0.107 e. The predicted octanol–water partition coefficient (Wildman–Crippen LogP) is 2.46. The van der Waals surface area contributed by atoms with Gasteiger partial charge in [0.1, 0.15) is 5.01 Å². The fourth-order valence-corrected chi connectivity index (χ4v) is 3.57. The Morgan fingerprint density at radius 3 is 2.59 bits per heavy atom. The lowest BCUT2D eigenvalue weighted by molar-refractivity contribution is 0.195. The SMILES string of the molecule is Cc1nc(CN(CCN)C2CCCC2)sc1C. The molecule has 3 nitrogen and oxygen atoms in total. The van der Waals surface area contributed by atoms with Crippen molar-refractivity contribution >= 4 is 11.3 Å². The van der Waals surface area contributed by atoms with Crippen LogP contribution in [-0.4, -0.2) is 29.0 Å². The second-order valence-corrected chi connectivity index (χ2v) is 6.23. The van der Waals surface area contributed by atoms with E-state index in [1.807, 2.05) is 11.3 Å². The van der Waals surface area contributed by atoms with Crippen LogP contribution in [0.15, 0.2) is 0 Å². The third-order valence-electron chi connectivity index (χ3n) is 3.67. The molecule has 17 heavy (non-hydrogen) atoms. The molecule has 0 atom stereocenters. The van der Waals surface area contributed by atoms with Crippen LogP contribution in [0, 0.1) is 13.8 Å². The van der Waals surface area contributed by atoms with Crippen molar-refractivity contribution in [3.63, 3.8) is 0 Å². The normalized spacial score (nSPS) is 17.2. The lowest BCUT2D eigenvalue weighted by atomic mass is 10.2. The molecule has 0 unspecified atom stereocenters. The molecular weight excluding hydrogens is 230 g/mol. The van der Waals surface area contributed by atoms with Crippen molar-refractivity contribution in [3.8, 4) is 0 Å². The van der Waals surface area contributed by atoms with Crippen molar-refractivity contribution in [2.75, 3.05) is 13.1 Å². The van der Waals surface area contributed by atoms with Gasteiger partial charge in [0.25, 0.3) is 0 Å². The van der Waals surface area contributed by atoms with E-state index in [9.17, 15) is 0 Å². The molecule has 0 radical (unpaired) electrons. The zero-order valence-electron chi connectivity index (χ0n) is 10.9. The van der Waals surface area contributed by atoms with Gasteiger partial charge in [0.2, 0.25) is 0 Å². The first-order chi connectivity index (χ1) is 8.20. The Balaban J connectivity index is 2.01. The fraction of sp³-hybridized carbons (Fsp3) is 0.769. The van der Waals surface area contributed by atoms with Crippen LogP contribution >= 0.6 is 11.3 Å². The third kappa shape index (κ3) is 3.27. The summed E-state index contributed by atoms with van der Waals surface area (Å²) < 4.78 is 0. The van der Waals surface area contributed by atoms with E-state index in [1.54, 1.807) is 0 Å². The Labute approximate surface area is 108 Å². The molecule has 1 fully saturated rings. The Morgan fingerprint density at radius 2 is 2.06 bits per heavy atom. The van der Waals surface area contributed by atoms with Crippen LogP contribution < -0.4 is 5.73 Å². The maximum atomic E-state index is 5.73. The molecule has 0 aliphatic heterocycles. The van der Waals surface area contributed by atoms with Crippen molar-refractivity contribution in [1.82, 2.24) is 9.88 Å². The highest BCUT2D eigenvalue weighted by Gasteiger charge is 2.22. The lowest BCUT2D eigenvalue weighted by Gasteiger charge is -2.27. The molecule has 0 aromatic carbocycles. The molecule has 1 aromatic rings. The van der Waals surface area contributed by atoms with E-state index in [0.717, 1.165) is 25.7 Å². The van der Waals surface area contributed by atoms with Crippen LogP contribution in [0.2, 0.25) is 0 Å². The summed E-state index contributed by atoms with van der Waals surface area (Å²) in [5.74, 6) is 0. The zero-order chi connectivity index (χ0) is 12.3. The number of nitrogens with zero attached hydrogens (tertiary/aromatic N) is 2. The van der Waals surface area contributed by atoms with Crippen LogP contribution in [0.4, 0.5) is 0 Å². The summed E-state index contributed by atoms with van der Waals surface area (Å²) in [5, 5.41) is 1.25. The fourth-order valence-electron chi connectivity index (χ4n) is 2.61. The zero-order valence-corrected chi connectivity index (χ0v) is 11.7. The second-order valence-electron chi connectivity index (χ2n) is 4.95. The summed E-state index contributed by atoms with van der Waals surface area (Å²) in [4.78, 5) is 8.52. The molecule has 1 heterocycles. The molecule has 1 aliphatic carbocycles. The molecule has 1 aliphatic rings. The molecule has 0 bridgehead atoms. The van der Waals surface area contributed by atoms with E-state index in [1.165, 1.54) is 41.3 Å². The lowest BCUT2D eigenvalue weighted by Crippen LogP contribution is -2.36. The predicted molar refractivity (Wildman–Crippen MR) is 73.3 cm³/mol. The number of thiazole rings is 1. The van der Waals surface area contributed by atoms with Gasteiger partial charge >= 0.3 is 0 Å². The second kappa shape index (κ2) is 5.94. The Kier molecular flexibility index (Phi) is 4.54. The summed E-state index contributed by atoms with van der Waals surface area (Å²) in [5.41, 5.74) is 6.91. The first-order valence-corrected chi connectivity index (χ1v) is 7.39. The standard InChI is InChI=1S/C13H23N3S/c1-10-11(2)17-13(15-10)9-16(8-7-14)12-5-3-4-6-12/h12H,3-9,14H2,1-2H3. The minimum Gasteiger partial charge on any atom is -0.329 e. The van der Waals surface area contributed by atoms with Gasteiger partial charge in [-0.2, -0.15) is 0 Å². The van der Waals surface area contributed by atoms with Gasteiger partial charge in [-0.1, -0.05) is 12.8 Å². The highest BCUT2D eigenvalue weighted by molar-refractivity contribution is 7.11. The van der Waals surface area contributed by atoms with Crippen molar-refractivity contribution in [1.29, 1.82) is 0 Å². The molecule has 96 valence electrons. The third-order valence-corrected chi connectivity index (χ3v) is 4.73. The Bertz CT molecular complexity index is 336. The molecule has 2 N–H and O–H groups in total. The van der Waals surface area contributed by atoms with Crippen LogP contribution in [0.1, 0.15) is 41.3 Å². The van der Waals surface area contributed by atoms with Crippen LogP contribution in [0.3, 0.4) is 0 Å². The molecule has 1 saturated carbocycles. The van der Waals surface area contributed by atoms with E-state index >= 15 is 0 Å². The molecule has 4 heteroatoms. The first-order valence-electron chi connectivity index (χ1n) is 6.57. The Morgan fingerprint density at radius 1 is 1.35 bits per heavy atom. The molecule has 2 rings (SSSR count). The summed E-state index contributed by atoms with van der Waals surface area (Å²) in [6.07, 6.45) is 5.43. The monoisotopic (exact) mass is 253 g/mol. The van der Waals surface area contributed by atoms with E-state index in [4.69, 9.17) is 5.73 Å². The number of hydrogen-bond donors (Lipinski definition) is 1. The summed E-state index contributed by atoms with van der Waals surface area (Å²) in [6.45, 7) is 6.99. The first kappa shape index (κ1) is 13.0. The maximum absolute atomic E-state index is 5.73. The van der Waals surface area contributed by atoms with Gasteiger partial charge in [-0.05, 0) is 26.7 Å². The van der Waals surface area contributed by atoms with Crippen molar-refractivity contribution in [3.05, 3.63) is 15.6 Å². The largest absolute Gasteiger partial charge is 0.329 e. The van der Waals surface area contributed by atoms with Crippen molar-refractivity contribution in [2.45, 2.75) is 52.1 Å². The van der Waals surface area contributed by atoms with Crippen LogP contribution in [0.25, 0.3) is 0 Å². The topological polar surface area (TPSA) is 42.2 Å². The van der Waals surface area contributed by atoms with E-state index in [-0.39, 0.29) is 0 Å². The van der Waals surface area contributed by atoms with E-state index in [0.29, 0.717) is 0 Å². The maximum Gasteiger partial charge on any atom is 0.107 e. The molecule has 0 amide bonds. The average Bonchev–Trinajstić information content (AvgIpc) is 2.89. The number of aromatic nitrogens is 1. The molecular formula is C13H23N3S. The number of aryl methyl sites for hydroxylation is 2. The summed E-state index contributed by atoms with van der Waals surface area (Å²) >= 11 is 1.83. The number of rotatable bonds is 5. The van der Waals surface area contributed by atoms with Gasteiger partial charge in [-0.3, -0.25) is 4.90 Å². The highest BCUT2D eigenvalue weighted by Crippen LogP contribution is 2.26. The molecule has 0 saturated heterocycles. The molecule has 0 spiro atoms. The Hall–Kier alpha value is -0.450. The van der Waals surface area contributed by atoms with E-state index < -0.39 is 0 Å². The van der Waals surface area contributed by atoms with Crippen LogP contribution in [0.5, 0.6) is 0 Å². The minimum atomic E-state index is 0.739. The van der Waals surface area contributed by atoms with Crippen LogP contribution in [-0.2, 0) is 6.54 Å². The van der Waals surface area contributed by atoms with Gasteiger partial charge in [0.15, 0.2) is 0 Å². The van der Waals surface area contributed by atoms with Gasteiger partial charge in [0, 0.05) is 24.0 Å². The van der Waals surface area contributed by atoms with Gasteiger partial charge in [0.05, 0.1) is 12.2 Å². The molecule has 1 aromatic heterocycles. The number of hydrogen-bond acceptors (Lipinski definition) is 4. The van der Waals surface area contributed by atoms with Gasteiger partial charge in [-0.25, -0.2) is 4.98 Å². The van der Waals surface area contributed by atoms with Gasteiger partial charge in [-0.15, -0.1) is 11.3 Å². The van der Waals surface area contributed by atoms with Crippen molar-refractivity contribution in [2.24, 2.45) is 5.73 Å². The number of nitrogens with two attached hydrogens (primary N) is 1. The van der Waals surface area contributed by atoms with E-state index in [2.05, 4.69) is 23.7 Å². The van der Waals surface area contributed by atoms with Gasteiger partial charge < -0.3 is 5.73 Å². The minimum absolute atomic E-state index is 0.739. The highest BCUT2D eigenvalue weighted by atomic mass is 32.1. The summed E-state index contributed by atoms with van der Waals surface area (Å²) in [6, 6.07) is 0.739. The quantitative estimate of drug-likeness (QED) is 0.876.